The van der Waals surface area contributed by atoms with E-state index in [-0.39, 0.29) is 31.4 Å². The second-order valence-corrected chi connectivity index (χ2v) is 8.76. The van der Waals surface area contributed by atoms with Gasteiger partial charge in [0, 0.05) is 35.1 Å². The maximum atomic E-state index is 12.3. The maximum Gasteiger partial charge on any atom is 0.307 e. The lowest BCUT2D eigenvalue weighted by Crippen LogP contribution is -2.14. The quantitative estimate of drug-likeness (QED) is 0.168. The highest BCUT2D eigenvalue weighted by Gasteiger charge is 2.17. The minimum absolute atomic E-state index is 0.169. The van der Waals surface area contributed by atoms with E-state index in [2.05, 4.69) is 10.6 Å². The molecule has 0 amide bonds. The Morgan fingerprint density at radius 3 is 2.03 bits per heavy atom. The smallest absolute Gasteiger partial charge is 0.307 e. The third kappa shape index (κ3) is 6.39. The van der Waals surface area contributed by atoms with Crippen molar-refractivity contribution in [2.75, 3.05) is 30.4 Å². The number of rotatable bonds is 12. The lowest BCUT2D eigenvalue weighted by atomic mass is 10.00. The summed E-state index contributed by atoms with van der Waals surface area (Å²) in [5.74, 6) is -0.582. The van der Waals surface area contributed by atoms with Crippen molar-refractivity contribution in [3.05, 3.63) is 71.8 Å². The van der Waals surface area contributed by atoms with Crippen molar-refractivity contribution in [3.63, 3.8) is 0 Å². The number of para-hydroxylation sites is 2. The second-order valence-electron chi connectivity index (χ2n) is 8.76. The molecule has 3 N–H and O–H groups in total. The van der Waals surface area contributed by atoms with Gasteiger partial charge in [-0.2, -0.15) is 0 Å². The Labute approximate surface area is 222 Å². The van der Waals surface area contributed by atoms with E-state index in [1.807, 2.05) is 60.7 Å². The summed E-state index contributed by atoms with van der Waals surface area (Å²) in [6.07, 6.45) is 0.776. The minimum Gasteiger partial charge on any atom is -0.466 e. The van der Waals surface area contributed by atoms with E-state index < -0.39 is 0 Å². The Kier molecular flexibility index (Phi) is 9.11. The fourth-order valence-electron chi connectivity index (χ4n) is 4.46. The van der Waals surface area contributed by atoms with Gasteiger partial charge in [-0.05, 0) is 55.7 Å². The number of anilines is 3. The fraction of sp³-hybridized carbons (Fsp3) is 0.300. The third-order valence-electron chi connectivity index (χ3n) is 6.17. The van der Waals surface area contributed by atoms with Crippen molar-refractivity contribution in [3.8, 4) is 0 Å². The van der Waals surface area contributed by atoms with Gasteiger partial charge in [0.15, 0.2) is 0 Å². The zero-order valence-corrected chi connectivity index (χ0v) is 21.8. The summed E-state index contributed by atoms with van der Waals surface area (Å²) < 4.78 is 10.2. The molecule has 0 atom stereocenters. The second kappa shape index (κ2) is 12.9. The molecule has 0 saturated carbocycles. The Bertz CT molecular complexity index is 1380. The first kappa shape index (κ1) is 26.9. The van der Waals surface area contributed by atoms with Crippen molar-refractivity contribution in [2.24, 2.45) is 0 Å². The van der Waals surface area contributed by atoms with E-state index in [4.69, 9.17) is 14.5 Å². The van der Waals surface area contributed by atoms with Crippen LogP contribution in [0.5, 0.6) is 0 Å². The number of carbonyl (C=O) groups excluding carboxylic acids is 2. The SMILES string of the molecule is CCOC(=O)CCNc1cc(CO)cc(Nc2c3ccccc3nc3ccccc23)c1CCC(=O)OCC. The van der Waals surface area contributed by atoms with Crippen LogP contribution in [0.3, 0.4) is 0 Å². The molecule has 0 unspecified atom stereocenters. The number of hydrogen-bond donors (Lipinski definition) is 3. The highest BCUT2D eigenvalue weighted by atomic mass is 16.5. The van der Waals surface area contributed by atoms with Gasteiger partial charge in [0.05, 0.1) is 43.0 Å². The molecule has 1 aromatic heterocycles. The van der Waals surface area contributed by atoms with Crippen molar-refractivity contribution >= 4 is 50.8 Å². The van der Waals surface area contributed by atoms with Gasteiger partial charge in [-0.1, -0.05) is 36.4 Å². The molecule has 0 radical (unpaired) electrons. The molecule has 1 heterocycles. The zero-order valence-electron chi connectivity index (χ0n) is 21.8. The average Bonchev–Trinajstić information content (AvgIpc) is 2.92. The van der Waals surface area contributed by atoms with E-state index in [0.29, 0.717) is 31.7 Å². The molecule has 38 heavy (non-hydrogen) atoms. The highest BCUT2D eigenvalue weighted by molar-refractivity contribution is 6.08. The van der Waals surface area contributed by atoms with Gasteiger partial charge in [0.2, 0.25) is 0 Å². The number of aliphatic hydroxyl groups excluding tert-OH is 1. The molecule has 0 aliphatic rings. The number of pyridine rings is 1. The van der Waals surface area contributed by atoms with Crippen LogP contribution in [0, 0.1) is 0 Å². The van der Waals surface area contributed by atoms with Crippen LogP contribution in [0.1, 0.15) is 37.8 Å². The van der Waals surface area contributed by atoms with E-state index in [0.717, 1.165) is 44.4 Å². The first-order valence-corrected chi connectivity index (χ1v) is 12.9. The van der Waals surface area contributed by atoms with Gasteiger partial charge in [0.1, 0.15) is 0 Å². The van der Waals surface area contributed by atoms with Crippen LogP contribution >= 0.6 is 0 Å². The fourth-order valence-corrected chi connectivity index (χ4v) is 4.46. The maximum absolute atomic E-state index is 12.3. The van der Waals surface area contributed by atoms with Crippen LogP contribution < -0.4 is 10.6 Å². The zero-order chi connectivity index (χ0) is 26.9. The molecule has 198 valence electrons. The van der Waals surface area contributed by atoms with E-state index in [1.165, 1.54) is 0 Å². The highest BCUT2D eigenvalue weighted by Crippen LogP contribution is 2.37. The van der Waals surface area contributed by atoms with Gasteiger partial charge in [-0.25, -0.2) is 4.98 Å². The van der Waals surface area contributed by atoms with Gasteiger partial charge in [-0.3, -0.25) is 9.59 Å². The number of ether oxygens (including phenoxy) is 2. The normalized spacial score (nSPS) is 10.9. The van der Waals surface area contributed by atoms with E-state index >= 15 is 0 Å². The van der Waals surface area contributed by atoms with E-state index in [9.17, 15) is 14.7 Å². The lowest BCUT2D eigenvalue weighted by molar-refractivity contribution is -0.143. The molecule has 0 bridgehead atoms. The number of aromatic nitrogens is 1. The molecule has 0 aliphatic heterocycles. The van der Waals surface area contributed by atoms with Gasteiger partial charge in [0.25, 0.3) is 0 Å². The predicted molar refractivity (Wildman–Crippen MR) is 150 cm³/mol. The Morgan fingerprint density at radius 1 is 0.842 bits per heavy atom. The Balaban J connectivity index is 1.79. The minimum atomic E-state index is -0.292. The van der Waals surface area contributed by atoms with Crippen molar-refractivity contribution < 1.29 is 24.2 Å². The summed E-state index contributed by atoms with van der Waals surface area (Å²) in [6.45, 7) is 4.37. The standard InChI is InChI=1S/C30H33N3O5/c1-3-37-28(35)14-13-21-26(31-16-15-29(36)38-4-2)17-20(19-34)18-27(21)33-30-22-9-5-7-11-24(22)32-25-12-8-6-10-23(25)30/h5-12,17-18,31,34H,3-4,13-16,19H2,1-2H3,(H,32,33). The molecule has 3 aromatic carbocycles. The first-order chi connectivity index (χ1) is 18.5. The van der Waals surface area contributed by atoms with Crippen LogP contribution in [0.2, 0.25) is 0 Å². The largest absolute Gasteiger partial charge is 0.466 e. The van der Waals surface area contributed by atoms with Crippen molar-refractivity contribution in [1.29, 1.82) is 0 Å². The first-order valence-electron chi connectivity index (χ1n) is 12.9. The number of fused-ring (bicyclic) bond motifs is 2. The number of benzene rings is 3. The Morgan fingerprint density at radius 2 is 1.42 bits per heavy atom. The number of carbonyl (C=O) groups is 2. The van der Waals surface area contributed by atoms with Crippen LogP contribution in [0.4, 0.5) is 17.1 Å². The summed E-state index contributed by atoms with van der Waals surface area (Å²) in [4.78, 5) is 29.0. The summed E-state index contributed by atoms with van der Waals surface area (Å²) in [7, 11) is 0. The average molecular weight is 516 g/mol. The monoisotopic (exact) mass is 515 g/mol. The van der Waals surface area contributed by atoms with Gasteiger partial charge in [-0.15, -0.1) is 0 Å². The molecule has 4 aromatic rings. The van der Waals surface area contributed by atoms with Crippen LogP contribution in [-0.4, -0.2) is 41.8 Å². The van der Waals surface area contributed by atoms with Crippen molar-refractivity contribution in [1.82, 2.24) is 4.98 Å². The summed E-state index contributed by atoms with van der Waals surface area (Å²) in [6, 6.07) is 19.6. The topological polar surface area (TPSA) is 110 Å². The van der Waals surface area contributed by atoms with Crippen LogP contribution in [0.15, 0.2) is 60.7 Å². The molecule has 8 nitrogen and oxygen atoms in total. The third-order valence-corrected chi connectivity index (χ3v) is 6.17. The molecule has 0 spiro atoms. The summed E-state index contributed by atoms with van der Waals surface area (Å²) in [5, 5.41) is 18.9. The number of esters is 2. The Hall–Kier alpha value is -4.17. The number of aliphatic hydroxyl groups is 1. The molecule has 8 heteroatoms. The van der Waals surface area contributed by atoms with Crippen LogP contribution in [0.25, 0.3) is 21.8 Å². The number of nitrogens with one attached hydrogen (secondary N) is 2. The predicted octanol–water partition coefficient (Wildman–Crippen LogP) is 5.48. The molecule has 0 saturated heterocycles. The number of hydrogen-bond acceptors (Lipinski definition) is 8. The van der Waals surface area contributed by atoms with Crippen molar-refractivity contribution in [2.45, 2.75) is 39.7 Å². The van der Waals surface area contributed by atoms with Crippen LogP contribution in [-0.2, 0) is 32.1 Å². The molecule has 4 rings (SSSR count). The van der Waals surface area contributed by atoms with E-state index in [1.54, 1.807) is 13.8 Å². The molecular formula is C30H33N3O5. The molecule has 0 aliphatic carbocycles. The van der Waals surface area contributed by atoms with Gasteiger partial charge < -0.3 is 25.2 Å². The van der Waals surface area contributed by atoms with Gasteiger partial charge >= 0.3 is 11.9 Å². The lowest BCUT2D eigenvalue weighted by Gasteiger charge is -2.21. The number of nitrogens with zero attached hydrogens (tertiary/aromatic N) is 1. The summed E-state index contributed by atoms with van der Waals surface area (Å²) >= 11 is 0. The molecular weight excluding hydrogens is 482 g/mol. The summed E-state index contributed by atoms with van der Waals surface area (Å²) in [5.41, 5.74) is 5.62. The molecule has 0 fully saturated rings.